The van der Waals surface area contributed by atoms with E-state index >= 15 is 0 Å². The van der Waals surface area contributed by atoms with Crippen molar-refractivity contribution >= 4 is 28.4 Å². The molecule has 0 bridgehead atoms. The van der Waals surface area contributed by atoms with Gasteiger partial charge < -0.3 is 19.8 Å². The monoisotopic (exact) mass is 356 g/mol. The number of benzene rings is 2. The van der Waals surface area contributed by atoms with Crippen molar-refractivity contribution in [3.8, 4) is 11.5 Å². The Hall–Kier alpha value is -2.66. The van der Waals surface area contributed by atoms with Crippen LogP contribution >= 0.6 is 11.6 Å². The lowest BCUT2D eigenvalue weighted by Crippen LogP contribution is -2.26. The van der Waals surface area contributed by atoms with Gasteiger partial charge >= 0.3 is 0 Å². The van der Waals surface area contributed by atoms with Crippen LogP contribution in [-0.4, -0.2) is 30.6 Å². The molecule has 2 aromatic carbocycles. The van der Waals surface area contributed by atoms with Gasteiger partial charge in [0.25, 0.3) is 5.91 Å². The minimum absolute atomic E-state index is 0.130. The molecule has 0 saturated carbocycles. The van der Waals surface area contributed by atoms with Crippen LogP contribution in [0.3, 0.4) is 0 Å². The molecule has 128 valence electrons. The molecule has 0 aliphatic carbocycles. The minimum atomic E-state index is -0.130. The lowest BCUT2D eigenvalue weighted by molar-refractivity contribution is 0.0953. The fraction of sp³-hybridized carbons (Fsp3) is 0.211. The average Bonchev–Trinajstić information content (AvgIpc) is 3.03. The van der Waals surface area contributed by atoms with Gasteiger partial charge in [-0.25, -0.2) is 0 Å². The maximum Gasteiger partial charge on any atom is 0.251 e. The summed E-state index contributed by atoms with van der Waals surface area (Å²) in [6.45, 7) is 1.57. The molecule has 3 aromatic rings. The molecule has 6 heteroatoms. The molecular weight excluding hydrogens is 340 g/mol. The zero-order valence-electron chi connectivity index (χ0n) is 13.5. The number of carbonyl (C=O) groups is 1. The van der Waals surface area contributed by atoms with E-state index in [2.05, 4.69) is 10.3 Å². The highest BCUT2D eigenvalue weighted by atomic mass is 35.5. The predicted molar refractivity (Wildman–Crippen MR) is 96.8 cm³/mol. The standard InChI is InChI=1S/C19H17ClN2O3/c20-14-2-3-16-15(10-14)13(11-22-16)5-6-21-19(23)12-1-4-17-18(9-12)25-8-7-24-17/h1-4,9-11,22H,5-8H2,(H,21,23). The van der Waals surface area contributed by atoms with Gasteiger partial charge in [-0.05, 0) is 48.4 Å². The zero-order valence-corrected chi connectivity index (χ0v) is 14.2. The number of hydrogen-bond acceptors (Lipinski definition) is 3. The van der Waals surface area contributed by atoms with E-state index in [1.807, 2.05) is 24.4 Å². The summed E-state index contributed by atoms with van der Waals surface area (Å²) in [6, 6.07) is 11.0. The quantitative estimate of drug-likeness (QED) is 0.751. The van der Waals surface area contributed by atoms with Crippen molar-refractivity contribution in [3.63, 3.8) is 0 Å². The van der Waals surface area contributed by atoms with E-state index < -0.39 is 0 Å². The van der Waals surface area contributed by atoms with Crippen LogP contribution in [-0.2, 0) is 6.42 Å². The molecule has 1 aliphatic rings. The van der Waals surface area contributed by atoms with Crippen molar-refractivity contribution in [1.29, 1.82) is 0 Å². The molecule has 25 heavy (non-hydrogen) atoms. The van der Waals surface area contributed by atoms with E-state index in [0.717, 1.165) is 22.9 Å². The van der Waals surface area contributed by atoms with Crippen molar-refractivity contribution < 1.29 is 14.3 Å². The van der Waals surface area contributed by atoms with Crippen molar-refractivity contribution in [2.75, 3.05) is 19.8 Å². The molecule has 0 spiro atoms. The Balaban J connectivity index is 1.41. The van der Waals surface area contributed by atoms with Crippen LogP contribution in [0.25, 0.3) is 10.9 Å². The van der Waals surface area contributed by atoms with Gasteiger partial charge in [0.05, 0.1) is 0 Å². The summed E-state index contributed by atoms with van der Waals surface area (Å²) in [4.78, 5) is 15.6. The Morgan fingerprint density at radius 3 is 2.84 bits per heavy atom. The summed E-state index contributed by atoms with van der Waals surface area (Å²) in [7, 11) is 0. The molecule has 2 N–H and O–H groups in total. The number of carbonyl (C=O) groups excluding carboxylic acids is 1. The first kappa shape index (κ1) is 15.8. The topological polar surface area (TPSA) is 63.4 Å². The van der Waals surface area contributed by atoms with E-state index in [1.165, 1.54) is 0 Å². The smallest absolute Gasteiger partial charge is 0.251 e. The van der Waals surface area contributed by atoms with Gasteiger partial charge in [-0.1, -0.05) is 11.6 Å². The number of aromatic nitrogens is 1. The SMILES string of the molecule is O=C(NCCc1c[nH]c2ccc(Cl)cc12)c1ccc2c(c1)OCCO2. The molecule has 0 fully saturated rings. The number of aromatic amines is 1. The highest BCUT2D eigenvalue weighted by Crippen LogP contribution is 2.30. The van der Waals surface area contributed by atoms with Crippen molar-refractivity contribution in [2.24, 2.45) is 0 Å². The third kappa shape index (κ3) is 3.28. The van der Waals surface area contributed by atoms with Gasteiger partial charge in [0.2, 0.25) is 0 Å². The first-order chi connectivity index (χ1) is 12.2. The molecule has 5 nitrogen and oxygen atoms in total. The van der Waals surface area contributed by atoms with Crippen LogP contribution in [0, 0.1) is 0 Å². The zero-order chi connectivity index (χ0) is 17.2. The summed E-state index contributed by atoms with van der Waals surface area (Å²) in [5.41, 5.74) is 2.73. The Kier molecular flexibility index (Phi) is 4.24. The maximum atomic E-state index is 12.3. The number of rotatable bonds is 4. The molecule has 0 saturated heterocycles. The van der Waals surface area contributed by atoms with E-state index in [4.69, 9.17) is 21.1 Å². The van der Waals surface area contributed by atoms with Gasteiger partial charge in [-0.15, -0.1) is 0 Å². The summed E-state index contributed by atoms with van der Waals surface area (Å²) < 4.78 is 11.0. The number of nitrogens with one attached hydrogen (secondary N) is 2. The summed E-state index contributed by atoms with van der Waals surface area (Å²) in [5, 5.41) is 4.73. The van der Waals surface area contributed by atoms with Gasteiger partial charge in [0.1, 0.15) is 13.2 Å². The Morgan fingerprint density at radius 2 is 1.96 bits per heavy atom. The Labute approximate surface area is 149 Å². The fourth-order valence-electron chi connectivity index (χ4n) is 2.95. The van der Waals surface area contributed by atoms with Gasteiger partial charge in [0, 0.05) is 34.2 Å². The van der Waals surface area contributed by atoms with Crippen LogP contribution in [0.5, 0.6) is 11.5 Å². The summed E-state index contributed by atoms with van der Waals surface area (Å²) in [5.74, 6) is 1.17. The molecule has 1 aromatic heterocycles. The minimum Gasteiger partial charge on any atom is -0.486 e. The lowest BCUT2D eigenvalue weighted by atomic mass is 10.1. The van der Waals surface area contributed by atoms with Crippen molar-refractivity contribution in [2.45, 2.75) is 6.42 Å². The lowest BCUT2D eigenvalue weighted by Gasteiger charge is -2.18. The highest BCUT2D eigenvalue weighted by molar-refractivity contribution is 6.31. The van der Waals surface area contributed by atoms with E-state index in [0.29, 0.717) is 41.8 Å². The molecule has 0 atom stereocenters. The number of halogens is 1. The number of H-pyrrole nitrogens is 1. The summed E-state index contributed by atoms with van der Waals surface area (Å²) >= 11 is 6.06. The number of fused-ring (bicyclic) bond motifs is 2. The molecule has 0 unspecified atom stereocenters. The number of hydrogen-bond donors (Lipinski definition) is 2. The Bertz CT molecular complexity index is 936. The van der Waals surface area contributed by atoms with Gasteiger partial charge in [-0.3, -0.25) is 4.79 Å². The molecule has 4 rings (SSSR count). The van der Waals surface area contributed by atoms with Gasteiger partial charge in [-0.2, -0.15) is 0 Å². The van der Waals surface area contributed by atoms with Gasteiger partial charge in [0.15, 0.2) is 11.5 Å². The molecule has 1 aliphatic heterocycles. The van der Waals surface area contributed by atoms with Crippen LogP contribution < -0.4 is 14.8 Å². The largest absolute Gasteiger partial charge is 0.486 e. The maximum absolute atomic E-state index is 12.3. The number of ether oxygens (including phenoxy) is 2. The molecular formula is C19H17ClN2O3. The van der Waals surface area contributed by atoms with Crippen LogP contribution in [0.2, 0.25) is 5.02 Å². The summed E-state index contributed by atoms with van der Waals surface area (Å²) in [6.07, 6.45) is 2.67. The van der Waals surface area contributed by atoms with E-state index in [9.17, 15) is 4.79 Å². The highest BCUT2D eigenvalue weighted by Gasteiger charge is 2.15. The first-order valence-electron chi connectivity index (χ1n) is 8.14. The van der Waals surface area contributed by atoms with Crippen LogP contribution in [0.15, 0.2) is 42.6 Å². The van der Waals surface area contributed by atoms with Crippen LogP contribution in [0.4, 0.5) is 0 Å². The van der Waals surface area contributed by atoms with E-state index in [1.54, 1.807) is 18.2 Å². The predicted octanol–water partition coefficient (Wildman–Crippen LogP) is 3.57. The second-order valence-electron chi connectivity index (χ2n) is 5.87. The second kappa shape index (κ2) is 6.69. The molecule has 2 heterocycles. The number of amides is 1. The first-order valence-corrected chi connectivity index (χ1v) is 8.52. The third-order valence-corrected chi connectivity index (χ3v) is 4.45. The normalized spacial score (nSPS) is 13.0. The second-order valence-corrected chi connectivity index (χ2v) is 6.30. The average molecular weight is 357 g/mol. The molecule has 0 radical (unpaired) electrons. The fourth-order valence-corrected chi connectivity index (χ4v) is 3.13. The van der Waals surface area contributed by atoms with Crippen LogP contribution in [0.1, 0.15) is 15.9 Å². The Morgan fingerprint density at radius 1 is 1.12 bits per heavy atom. The molecule has 1 amide bonds. The van der Waals surface area contributed by atoms with Crippen molar-refractivity contribution in [1.82, 2.24) is 10.3 Å². The van der Waals surface area contributed by atoms with E-state index in [-0.39, 0.29) is 5.91 Å². The third-order valence-electron chi connectivity index (χ3n) is 4.21. The van der Waals surface area contributed by atoms with Crippen molar-refractivity contribution in [3.05, 3.63) is 58.7 Å².